The van der Waals surface area contributed by atoms with Gasteiger partial charge in [0.05, 0.1) is 29.0 Å². The molecule has 0 aliphatic heterocycles. The molecule has 0 saturated carbocycles. The number of nitrogens with zero attached hydrogens (tertiary/aromatic N) is 6. The zero-order chi connectivity index (χ0) is 47.9. The van der Waals surface area contributed by atoms with E-state index < -0.39 is 46.7 Å². The molecule has 12 nitrogen and oxygen atoms in total. The number of hydrogen-bond acceptors (Lipinski definition) is 12. The maximum Gasteiger partial charge on any atom is 0.416 e. The van der Waals surface area contributed by atoms with Gasteiger partial charge < -0.3 is 30.0 Å². The highest BCUT2D eigenvalue weighted by Gasteiger charge is 2.32. The molecule has 346 valence electrons. The number of anilines is 2. The van der Waals surface area contributed by atoms with Gasteiger partial charge in [0.25, 0.3) is 0 Å². The van der Waals surface area contributed by atoms with E-state index in [-0.39, 0.29) is 74.7 Å². The number of aromatic hydroxyl groups is 1. The molecule has 0 fully saturated rings. The van der Waals surface area contributed by atoms with Crippen LogP contribution in [0.1, 0.15) is 22.3 Å². The van der Waals surface area contributed by atoms with E-state index in [2.05, 4.69) is 40.5 Å². The number of hydrogen-bond donors (Lipinski definition) is 3. The van der Waals surface area contributed by atoms with Crippen LogP contribution in [0.25, 0.3) is 21.8 Å². The second kappa shape index (κ2) is 20.0. The number of rotatable bonds is 13. The first kappa shape index (κ1) is 46.9. The third kappa shape index (κ3) is 11.4. The minimum Gasteiger partial charge on any atom is -0.504 e. The van der Waals surface area contributed by atoms with Gasteiger partial charge in [-0.1, -0.05) is 12.1 Å². The van der Waals surface area contributed by atoms with Crippen LogP contribution in [0.4, 0.5) is 55.5 Å². The number of pyridine rings is 2. The highest BCUT2D eigenvalue weighted by molar-refractivity contribution is 5.90. The van der Waals surface area contributed by atoms with Crippen molar-refractivity contribution < 1.29 is 63.2 Å². The second-order valence-corrected chi connectivity index (χ2v) is 14.1. The molecule has 0 aliphatic carbocycles. The Morgan fingerprint density at radius 3 is 1.42 bits per heavy atom. The zero-order valence-electron chi connectivity index (χ0n) is 34.4. The zero-order valence-corrected chi connectivity index (χ0v) is 34.4. The molecule has 22 heteroatoms. The van der Waals surface area contributed by atoms with Crippen LogP contribution in [0.3, 0.4) is 0 Å². The van der Waals surface area contributed by atoms with Crippen LogP contribution in [0, 0.1) is 23.3 Å². The Labute approximate surface area is 372 Å². The summed E-state index contributed by atoms with van der Waals surface area (Å²) in [5.41, 5.74) is -0.636. The fraction of sp³-hybridized carbons (Fsp3) is 0.156. The molecule has 0 aliphatic rings. The predicted molar refractivity (Wildman–Crippen MR) is 223 cm³/mol. The summed E-state index contributed by atoms with van der Waals surface area (Å²) in [4.78, 5) is 23.0. The number of aromatic nitrogens is 6. The Balaban J connectivity index is 0.000000199. The van der Waals surface area contributed by atoms with Gasteiger partial charge in [0, 0.05) is 37.6 Å². The average Bonchev–Trinajstić information content (AvgIpc) is 3.30. The fourth-order valence-corrected chi connectivity index (χ4v) is 6.39. The lowest BCUT2D eigenvalue weighted by Crippen LogP contribution is -2.08. The van der Waals surface area contributed by atoms with Gasteiger partial charge in [0.1, 0.15) is 58.6 Å². The van der Waals surface area contributed by atoms with E-state index in [1.807, 2.05) is 0 Å². The molecule has 0 radical (unpaired) electrons. The van der Waals surface area contributed by atoms with E-state index in [4.69, 9.17) is 14.2 Å². The monoisotopic (exact) mass is 938 g/mol. The highest BCUT2D eigenvalue weighted by atomic mass is 19.4. The number of ether oxygens (including phenoxy) is 3. The van der Waals surface area contributed by atoms with Crippen molar-refractivity contribution in [2.75, 3.05) is 30.8 Å². The first-order valence-corrected chi connectivity index (χ1v) is 19.5. The molecule has 4 aromatic heterocycles. The summed E-state index contributed by atoms with van der Waals surface area (Å²) < 4.78 is 149. The standard InChI is InChI=1S/C23H17F5N4O2.C22H15F5N4O2/c1-33-18-10-13(2-5-17(18)34-19-11-14(7-9-29-19)23(26,27)28)6-8-30-22-20-15(24)3-4-16(25)21(20)31-12-32-22;23-14-2-3-15(24)20-19(14)21(31-11-30-20)29-7-5-12-1-4-17(16(32)9-12)33-18-10-13(6-8-28-18)22(25,26)27/h2-5,7,9-12H,6,8H2,1H3,(H,30,31,32);1-4,6,8-11,32H,5,7H2,(H,29,30,31). The maximum absolute atomic E-state index is 14.2. The van der Waals surface area contributed by atoms with Crippen molar-refractivity contribution in [1.29, 1.82) is 0 Å². The van der Waals surface area contributed by atoms with Gasteiger partial charge in [-0.2, -0.15) is 26.3 Å². The van der Waals surface area contributed by atoms with Gasteiger partial charge in [-0.25, -0.2) is 47.5 Å². The molecule has 3 N–H and O–H groups in total. The quantitative estimate of drug-likeness (QED) is 0.0945. The van der Waals surface area contributed by atoms with Crippen molar-refractivity contribution in [3.8, 4) is 34.8 Å². The van der Waals surface area contributed by atoms with Crippen LogP contribution < -0.4 is 24.8 Å². The fourth-order valence-electron chi connectivity index (χ4n) is 6.39. The van der Waals surface area contributed by atoms with Gasteiger partial charge in [-0.15, -0.1) is 0 Å². The SMILES string of the molecule is COc1cc(CCNc2ncnc3c(F)ccc(F)c23)ccc1Oc1cc(C(F)(F)F)ccn1.Oc1cc(CCNc2ncnc3c(F)ccc(F)c23)ccc1Oc1cc(C(F)(F)F)ccn1. The van der Waals surface area contributed by atoms with Crippen molar-refractivity contribution in [1.82, 2.24) is 29.9 Å². The Morgan fingerprint density at radius 2 is 0.955 bits per heavy atom. The van der Waals surface area contributed by atoms with Gasteiger partial charge in [-0.3, -0.25) is 0 Å². The van der Waals surface area contributed by atoms with Crippen LogP contribution >= 0.6 is 0 Å². The largest absolute Gasteiger partial charge is 0.504 e. The molecular weight excluding hydrogens is 907 g/mol. The van der Waals surface area contributed by atoms with Crippen LogP contribution in [-0.4, -0.2) is 55.2 Å². The number of benzene rings is 4. The lowest BCUT2D eigenvalue weighted by atomic mass is 10.1. The van der Waals surface area contributed by atoms with E-state index in [0.717, 1.165) is 79.1 Å². The number of phenols is 1. The van der Waals surface area contributed by atoms with E-state index in [1.165, 1.54) is 19.2 Å². The third-order valence-electron chi connectivity index (χ3n) is 9.59. The average molecular weight is 939 g/mol. The van der Waals surface area contributed by atoms with E-state index in [1.54, 1.807) is 24.3 Å². The molecule has 4 heterocycles. The molecule has 0 amide bonds. The first-order valence-electron chi connectivity index (χ1n) is 19.5. The van der Waals surface area contributed by atoms with Gasteiger partial charge in [0.15, 0.2) is 23.0 Å². The highest BCUT2D eigenvalue weighted by Crippen LogP contribution is 2.37. The van der Waals surface area contributed by atoms with Crippen molar-refractivity contribution in [3.05, 3.63) is 156 Å². The van der Waals surface area contributed by atoms with Crippen LogP contribution in [-0.2, 0) is 25.2 Å². The number of phenolic OH excluding ortho intramolecular Hbond substituents is 1. The summed E-state index contributed by atoms with van der Waals surface area (Å²) in [5.74, 6) is -2.81. The number of fused-ring (bicyclic) bond motifs is 2. The van der Waals surface area contributed by atoms with Crippen LogP contribution in [0.5, 0.6) is 34.8 Å². The molecule has 0 saturated heterocycles. The molecule has 0 bridgehead atoms. The summed E-state index contributed by atoms with van der Waals surface area (Å²) in [6.45, 7) is 0.581. The molecule has 0 spiro atoms. The Bertz CT molecular complexity index is 3050. The normalized spacial score (nSPS) is 11.5. The van der Waals surface area contributed by atoms with Gasteiger partial charge in [0.2, 0.25) is 11.8 Å². The molecule has 67 heavy (non-hydrogen) atoms. The van der Waals surface area contributed by atoms with Crippen molar-refractivity contribution in [3.63, 3.8) is 0 Å². The lowest BCUT2D eigenvalue weighted by molar-refractivity contribution is -0.138. The van der Waals surface area contributed by atoms with Crippen molar-refractivity contribution in [2.24, 2.45) is 0 Å². The van der Waals surface area contributed by atoms with Crippen LogP contribution in [0.15, 0.2) is 110 Å². The smallest absolute Gasteiger partial charge is 0.416 e. The van der Waals surface area contributed by atoms with Crippen molar-refractivity contribution in [2.45, 2.75) is 25.2 Å². The second-order valence-electron chi connectivity index (χ2n) is 14.1. The summed E-state index contributed by atoms with van der Waals surface area (Å²) >= 11 is 0. The number of methoxy groups -OCH3 is 1. The summed E-state index contributed by atoms with van der Waals surface area (Å²) in [5, 5.41) is 16.0. The third-order valence-corrected chi connectivity index (χ3v) is 9.59. The number of nitrogens with one attached hydrogen (secondary N) is 2. The summed E-state index contributed by atoms with van der Waals surface area (Å²) in [7, 11) is 1.40. The topological polar surface area (TPSA) is 149 Å². The Kier molecular flexibility index (Phi) is 14.0. The van der Waals surface area contributed by atoms with E-state index in [0.29, 0.717) is 24.9 Å². The maximum atomic E-state index is 14.2. The van der Waals surface area contributed by atoms with E-state index >= 15 is 0 Å². The summed E-state index contributed by atoms with van der Waals surface area (Å²) in [6, 6.07) is 16.4. The van der Waals surface area contributed by atoms with Gasteiger partial charge in [-0.05, 0) is 84.6 Å². The molecule has 0 unspecified atom stereocenters. The Hall–Kier alpha value is -8.04. The number of halogens is 10. The molecule has 4 aromatic carbocycles. The first-order chi connectivity index (χ1) is 32.0. The molecule has 0 atom stereocenters. The lowest BCUT2D eigenvalue weighted by Gasteiger charge is -2.13. The summed E-state index contributed by atoms with van der Waals surface area (Å²) in [6.07, 6.45) is -4.04. The molecule has 8 rings (SSSR count). The van der Waals surface area contributed by atoms with E-state index in [9.17, 15) is 49.0 Å². The minimum atomic E-state index is -4.55. The van der Waals surface area contributed by atoms with Crippen molar-refractivity contribution >= 4 is 33.4 Å². The molecular formula is C45H32F10N8O4. The molecule has 8 aromatic rings. The minimum absolute atomic E-state index is 0.0441. The van der Waals surface area contributed by atoms with Gasteiger partial charge >= 0.3 is 12.4 Å². The predicted octanol–water partition coefficient (Wildman–Crippen LogP) is 11.3. The van der Waals surface area contributed by atoms with Crippen LogP contribution in [0.2, 0.25) is 0 Å². The number of alkyl halides is 6. The Morgan fingerprint density at radius 1 is 0.507 bits per heavy atom.